The van der Waals surface area contributed by atoms with Crippen molar-refractivity contribution in [3.63, 3.8) is 0 Å². The highest BCUT2D eigenvalue weighted by Crippen LogP contribution is 2.30. The van der Waals surface area contributed by atoms with E-state index < -0.39 is 0 Å². The minimum atomic E-state index is -0.107. The summed E-state index contributed by atoms with van der Waals surface area (Å²) in [6, 6.07) is 7.51. The Hall–Kier alpha value is -2.30. The molecule has 0 bridgehead atoms. The minimum Gasteiger partial charge on any atom is -0.399 e. The number of nitrogens with zero attached hydrogens (tertiary/aromatic N) is 1. The fourth-order valence-corrected chi connectivity index (χ4v) is 2.29. The standard InChI is InChI=1S/C13H14N4O/c14-9-4-1-3-8(7-9)11-12-10(5-2-6-15-12)13(18)17-16-11/h1,3-4,7,15H,2,5-6,14H2,(H,17,18). The summed E-state index contributed by atoms with van der Waals surface area (Å²) in [5.41, 5.74) is 9.66. The van der Waals surface area contributed by atoms with E-state index in [0.717, 1.165) is 41.9 Å². The molecular weight excluding hydrogens is 228 g/mol. The second kappa shape index (κ2) is 4.18. The maximum Gasteiger partial charge on any atom is 0.269 e. The van der Waals surface area contributed by atoms with Crippen molar-refractivity contribution in [2.75, 3.05) is 17.6 Å². The van der Waals surface area contributed by atoms with Gasteiger partial charge in [-0.15, -0.1) is 0 Å². The van der Waals surface area contributed by atoms with E-state index in [9.17, 15) is 4.79 Å². The van der Waals surface area contributed by atoms with Crippen LogP contribution >= 0.6 is 0 Å². The van der Waals surface area contributed by atoms with Crippen LogP contribution in [0.1, 0.15) is 12.0 Å². The van der Waals surface area contributed by atoms with Crippen LogP contribution in [0.3, 0.4) is 0 Å². The summed E-state index contributed by atoms with van der Waals surface area (Å²) in [7, 11) is 0. The second-order valence-corrected chi connectivity index (χ2v) is 4.41. The summed E-state index contributed by atoms with van der Waals surface area (Å²) in [6.45, 7) is 0.869. The van der Waals surface area contributed by atoms with E-state index in [1.54, 1.807) is 0 Å². The maximum atomic E-state index is 11.7. The molecule has 1 aliphatic rings. The number of aromatic nitrogens is 2. The monoisotopic (exact) mass is 242 g/mol. The number of nitrogens with one attached hydrogen (secondary N) is 2. The summed E-state index contributed by atoms with van der Waals surface area (Å²) in [4.78, 5) is 11.7. The molecule has 0 unspecified atom stereocenters. The molecule has 4 N–H and O–H groups in total. The fraction of sp³-hybridized carbons (Fsp3) is 0.231. The third-order valence-electron chi connectivity index (χ3n) is 3.15. The molecule has 0 amide bonds. The Bertz CT molecular complexity index is 648. The molecule has 5 nitrogen and oxygen atoms in total. The van der Waals surface area contributed by atoms with Crippen LogP contribution in [0.15, 0.2) is 29.1 Å². The molecule has 0 spiro atoms. The molecule has 0 saturated heterocycles. The van der Waals surface area contributed by atoms with Crippen LogP contribution < -0.4 is 16.6 Å². The highest BCUT2D eigenvalue weighted by Gasteiger charge is 2.18. The van der Waals surface area contributed by atoms with Gasteiger partial charge in [0.05, 0.1) is 5.69 Å². The van der Waals surface area contributed by atoms with Gasteiger partial charge in [0.1, 0.15) is 5.69 Å². The molecule has 92 valence electrons. The van der Waals surface area contributed by atoms with Gasteiger partial charge < -0.3 is 11.1 Å². The number of fused-ring (bicyclic) bond motifs is 1. The van der Waals surface area contributed by atoms with Crippen LogP contribution in [0.25, 0.3) is 11.3 Å². The van der Waals surface area contributed by atoms with Gasteiger partial charge in [-0.25, -0.2) is 5.10 Å². The highest BCUT2D eigenvalue weighted by atomic mass is 16.1. The van der Waals surface area contributed by atoms with Crippen molar-refractivity contribution in [2.24, 2.45) is 0 Å². The molecule has 2 heterocycles. The fourth-order valence-electron chi connectivity index (χ4n) is 2.29. The SMILES string of the molecule is Nc1cccc(-c2n[nH]c(=O)c3c2NCCC3)c1. The van der Waals surface area contributed by atoms with Crippen molar-refractivity contribution < 1.29 is 0 Å². The molecule has 3 rings (SSSR count). The van der Waals surface area contributed by atoms with E-state index in [1.807, 2.05) is 24.3 Å². The van der Waals surface area contributed by atoms with Gasteiger partial charge in [-0.3, -0.25) is 4.79 Å². The van der Waals surface area contributed by atoms with Crippen LogP contribution in [0.5, 0.6) is 0 Å². The van der Waals surface area contributed by atoms with Crippen molar-refractivity contribution >= 4 is 11.4 Å². The van der Waals surface area contributed by atoms with Gasteiger partial charge in [0.25, 0.3) is 5.56 Å². The van der Waals surface area contributed by atoms with Crippen molar-refractivity contribution in [1.82, 2.24) is 10.2 Å². The first kappa shape index (κ1) is 10.8. The summed E-state index contributed by atoms with van der Waals surface area (Å²) >= 11 is 0. The zero-order valence-corrected chi connectivity index (χ0v) is 9.86. The van der Waals surface area contributed by atoms with Gasteiger partial charge >= 0.3 is 0 Å². The number of anilines is 2. The highest BCUT2D eigenvalue weighted by molar-refractivity contribution is 5.78. The van der Waals surface area contributed by atoms with E-state index >= 15 is 0 Å². The molecule has 0 radical (unpaired) electrons. The van der Waals surface area contributed by atoms with E-state index in [-0.39, 0.29) is 5.56 Å². The van der Waals surface area contributed by atoms with E-state index in [0.29, 0.717) is 5.69 Å². The number of nitrogens with two attached hydrogens (primary N) is 1. The maximum absolute atomic E-state index is 11.7. The lowest BCUT2D eigenvalue weighted by atomic mass is 10.0. The third kappa shape index (κ3) is 1.73. The number of hydrogen-bond donors (Lipinski definition) is 3. The molecule has 2 aromatic rings. The lowest BCUT2D eigenvalue weighted by Gasteiger charge is -2.19. The van der Waals surface area contributed by atoms with Crippen LogP contribution in [-0.4, -0.2) is 16.7 Å². The van der Waals surface area contributed by atoms with Gasteiger partial charge in [0.2, 0.25) is 0 Å². The van der Waals surface area contributed by atoms with Crippen LogP contribution in [0, 0.1) is 0 Å². The van der Waals surface area contributed by atoms with E-state index in [2.05, 4.69) is 15.5 Å². The summed E-state index contributed by atoms with van der Waals surface area (Å²) in [5.74, 6) is 0. The van der Waals surface area contributed by atoms with E-state index in [1.165, 1.54) is 0 Å². The van der Waals surface area contributed by atoms with Gasteiger partial charge in [-0.2, -0.15) is 5.10 Å². The Morgan fingerprint density at radius 2 is 2.22 bits per heavy atom. The van der Waals surface area contributed by atoms with Crippen LogP contribution in [0.2, 0.25) is 0 Å². The third-order valence-corrected chi connectivity index (χ3v) is 3.15. The lowest BCUT2D eigenvalue weighted by Crippen LogP contribution is -2.24. The number of nitrogen functional groups attached to an aromatic ring is 1. The van der Waals surface area contributed by atoms with Crippen LogP contribution in [0.4, 0.5) is 11.4 Å². The van der Waals surface area contributed by atoms with Crippen molar-refractivity contribution in [2.45, 2.75) is 12.8 Å². The Morgan fingerprint density at radius 3 is 3.06 bits per heavy atom. The number of aromatic amines is 1. The largest absolute Gasteiger partial charge is 0.399 e. The van der Waals surface area contributed by atoms with Gasteiger partial charge in [0, 0.05) is 23.4 Å². The number of benzene rings is 1. The first-order chi connectivity index (χ1) is 8.75. The predicted octanol–water partition coefficient (Wildman–Crippen LogP) is 1.38. The summed E-state index contributed by atoms with van der Waals surface area (Å²) < 4.78 is 0. The zero-order chi connectivity index (χ0) is 12.5. The molecule has 0 atom stereocenters. The number of hydrogen-bond acceptors (Lipinski definition) is 4. The molecule has 5 heteroatoms. The zero-order valence-electron chi connectivity index (χ0n) is 9.86. The van der Waals surface area contributed by atoms with Gasteiger partial charge in [-0.1, -0.05) is 12.1 Å². The van der Waals surface area contributed by atoms with Gasteiger partial charge in [0.15, 0.2) is 0 Å². The summed E-state index contributed by atoms with van der Waals surface area (Å²) in [6.07, 6.45) is 1.76. The molecule has 1 aromatic heterocycles. The average Bonchev–Trinajstić information content (AvgIpc) is 2.39. The molecule has 0 fully saturated rings. The Balaban J connectivity index is 2.21. The first-order valence-electron chi connectivity index (χ1n) is 5.97. The molecule has 1 aromatic carbocycles. The molecule has 1 aliphatic heterocycles. The lowest BCUT2D eigenvalue weighted by molar-refractivity contribution is 0.799. The van der Waals surface area contributed by atoms with Gasteiger partial charge in [-0.05, 0) is 25.0 Å². The molecular formula is C13H14N4O. The predicted molar refractivity (Wildman–Crippen MR) is 71.5 cm³/mol. The van der Waals surface area contributed by atoms with Crippen molar-refractivity contribution in [3.05, 3.63) is 40.2 Å². The minimum absolute atomic E-state index is 0.107. The average molecular weight is 242 g/mol. The topological polar surface area (TPSA) is 83.8 Å². The molecule has 0 saturated carbocycles. The summed E-state index contributed by atoms with van der Waals surface area (Å²) in [5, 5.41) is 9.97. The van der Waals surface area contributed by atoms with Crippen molar-refractivity contribution in [3.8, 4) is 11.3 Å². The molecule has 18 heavy (non-hydrogen) atoms. The number of rotatable bonds is 1. The van der Waals surface area contributed by atoms with Crippen LogP contribution in [-0.2, 0) is 6.42 Å². The Labute approximate surface area is 104 Å². The second-order valence-electron chi connectivity index (χ2n) is 4.41. The number of H-pyrrole nitrogens is 1. The van der Waals surface area contributed by atoms with E-state index in [4.69, 9.17) is 5.73 Å². The quantitative estimate of drug-likeness (QED) is 0.659. The van der Waals surface area contributed by atoms with Crippen molar-refractivity contribution in [1.29, 1.82) is 0 Å². The first-order valence-corrected chi connectivity index (χ1v) is 5.97. The normalized spacial score (nSPS) is 13.8. The smallest absolute Gasteiger partial charge is 0.269 e. The Kier molecular flexibility index (Phi) is 2.51. The molecule has 0 aliphatic carbocycles. The Morgan fingerprint density at radius 1 is 1.33 bits per heavy atom.